The van der Waals surface area contributed by atoms with Gasteiger partial charge in [-0.15, -0.1) is 0 Å². The van der Waals surface area contributed by atoms with Gasteiger partial charge in [-0.05, 0) is 67.4 Å². The summed E-state index contributed by atoms with van der Waals surface area (Å²) in [5.74, 6) is -0.989. The zero-order valence-electron chi connectivity index (χ0n) is 24.9. The molecule has 7 nitrogen and oxygen atoms in total. The first-order chi connectivity index (χ1) is 21.5. The zero-order valence-corrected chi connectivity index (χ0v) is 28.0. The van der Waals surface area contributed by atoms with Crippen LogP contribution in [0.1, 0.15) is 30.0 Å². The minimum atomic E-state index is -4.25. The van der Waals surface area contributed by atoms with Crippen LogP contribution in [0.5, 0.6) is 0 Å². The number of halogens is 3. The first-order valence-electron chi connectivity index (χ1n) is 14.4. The van der Waals surface area contributed by atoms with E-state index in [0.717, 1.165) is 15.4 Å². The molecule has 1 N–H and O–H groups in total. The van der Waals surface area contributed by atoms with Crippen LogP contribution in [-0.4, -0.2) is 44.3 Å². The van der Waals surface area contributed by atoms with Crippen LogP contribution in [-0.2, 0) is 32.6 Å². The minimum absolute atomic E-state index is 0.0394. The molecule has 0 unspecified atom stereocenters. The van der Waals surface area contributed by atoms with Gasteiger partial charge in [0.15, 0.2) is 0 Å². The molecule has 4 rings (SSSR count). The molecule has 45 heavy (non-hydrogen) atoms. The molecule has 236 valence electrons. The normalized spacial score (nSPS) is 11.9. The fraction of sp³-hybridized carbons (Fsp3) is 0.235. The van der Waals surface area contributed by atoms with Crippen LogP contribution in [0.25, 0.3) is 0 Å². The minimum Gasteiger partial charge on any atom is -0.354 e. The molecule has 0 aliphatic heterocycles. The summed E-state index contributed by atoms with van der Waals surface area (Å²) in [6.07, 6.45) is 0.868. The molecule has 0 bridgehead atoms. The highest BCUT2D eigenvalue weighted by molar-refractivity contribution is 7.92. The van der Waals surface area contributed by atoms with Gasteiger partial charge in [0.25, 0.3) is 10.0 Å². The summed E-state index contributed by atoms with van der Waals surface area (Å²) < 4.78 is 29.2. The Morgan fingerprint density at radius 2 is 1.44 bits per heavy atom. The Morgan fingerprint density at radius 3 is 2.04 bits per heavy atom. The predicted molar refractivity (Wildman–Crippen MR) is 181 cm³/mol. The predicted octanol–water partition coefficient (Wildman–Crippen LogP) is 7.32. The molecule has 0 saturated heterocycles. The third-order valence-electron chi connectivity index (χ3n) is 7.21. The summed E-state index contributed by atoms with van der Waals surface area (Å²) in [5, 5.41) is 3.92. The number of benzene rings is 4. The van der Waals surface area contributed by atoms with E-state index in [1.165, 1.54) is 29.2 Å². The number of anilines is 1. The molecule has 0 saturated carbocycles. The van der Waals surface area contributed by atoms with Crippen molar-refractivity contribution in [3.8, 4) is 0 Å². The summed E-state index contributed by atoms with van der Waals surface area (Å²) >= 11 is 19.1. The Kier molecular flexibility index (Phi) is 11.9. The van der Waals surface area contributed by atoms with Crippen molar-refractivity contribution in [1.82, 2.24) is 10.2 Å². The van der Waals surface area contributed by atoms with E-state index >= 15 is 0 Å². The molecule has 11 heteroatoms. The van der Waals surface area contributed by atoms with E-state index in [1.54, 1.807) is 42.5 Å². The van der Waals surface area contributed by atoms with Gasteiger partial charge in [0.2, 0.25) is 11.8 Å². The van der Waals surface area contributed by atoms with Gasteiger partial charge in [-0.2, -0.15) is 0 Å². The van der Waals surface area contributed by atoms with Crippen LogP contribution in [0.4, 0.5) is 5.69 Å². The molecule has 0 heterocycles. The van der Waals surface area contributed by atoms with Crippen molar-refractivity contribution in [3.63, 3.8) is 0 Å². The van der Waals surface area contributed by atoms with Crippen LogP contribution < -0.4 is 9.62 Å². The number of nitrogens with one attached hydrogen (secondary N) is 1. The Bertz CT molecular complexity index is 1700. The quantitative estimate of drug-likeness (QED) is 0.160. The van der Waals surface area contributed by atoms with E-state index in [0.29, 0.717) is 33.6 Å². The van der Waals surface area contributed by atoms with E-state index in [2.05, 4.69) is 5.32 Å². The third-order valence-corrected chi connectivity index (χ3v) is 9.96. The van der Waals surface area contributed by atoms with Gasteiger partial charge >= 0.3 is 0 Å². The molecule has 2 amide bonds. The van der Waals surface area contributed by atoms with Crippen molar-refractivity contribution in [2.24, 2.45) is 0 Å². The van der Waals surface area contributed by atoms with E-state index in [4.69, 9.17) is 34.8 Å². The van der Waals surface area contributed by atoms with Gasteiger partial charge in [-0.1, -0.05) is 95.8 Å². The Morgan fingerprint density at radius 1 is 0.822 bits per heavy atom. The second-order valence-corrected chi connectivity index (χ2v) is 13.6. The van der Waals surface area contributed by atoms with Crippen molar-refractivity contribution < 1.29 is 18.0 Å². The Labute approximate surface area is 279 Å². The summed E-state index contributed by atoms with van der Waals surface area (Å²) in [6, 6.07) is 25.8. The Balaban J connectivity index is 1.82. The number of sulfonamides is 1. The number of carbonyl (C=O) groups excluding carboxylic acids is 2. The highest BCUT2D eigenvalue weighted by Crippen LogP contribution is 2.29. The summed E-state index contributed by atoms with van der Waals surface area (Å²) in [5.41, 5.74) is 2.47. The van der Waals surface area contributed by atoms with E-state index in [9.17, 15) is 18.0 Å². The van der Waals surface area contributed by atoms with Gasteiger partial charge in [-0.3, -0.25) is 13.9 Å². The second-order valence-electron chi connectivity index (χ2n) is 10.5. The number of carbonyl (C=O) groups is 2. The van der Waals surface area contributed by atoms with Crippen molar-refractivity contribution in [1.29, 1.82) is 0 Å². The maximum atomic E-state index is 14.5. The maximum absolute atomic E-state index is 14.5. The van der Waals surface area contributed by atoms with Crippen LogP contribution in [0, 0.1) is 6.92 Å². The number of aryl methyl sites for hydroxylation is 1. The van der Waals surface area contributed by atoms with E-state index < -0.39 is 28.5 Å². The van der Waals surface area contributed by atoms with Crippen LogP contribution >= 0.6 is 34.8 Å². The Hall–Kier alpha value is -3.56. The molecule has 1 atom stereocenters. The summed E-state index contributed by atoms with van der Waals surface area (Å²) in [7, 11) is -4.25. The van der Waals surface area contributed by atoms with Crippen LogP contribution in [0.2, 0.25) is 15.1 Å². The van der Waals surface area contributed by atoms with Crippen molar-refractivity contribution >= 4 is 62.3 Å². The maximum Gasteiger partial charge on any atom is 0.264 e. The number of rotatable bonds is 13. The lowest BCUT2D eigenvalue weighted by molar-refractivity contribution is -0.140. The van der Waals surface area contributed by atoms with Crippen LogP contribution in [0.3, 0.4) is 0 Å². The lowest BCUT2D eigenvalue weighted by Crippen LogP contribution is -2.53. The molecule has 4 aromatic carbocycles. The van der Waals surface area contributed by atoms with Gasteiger partial charge in [0.05, 0.1) is 10.6 Å². The van der Waals surface area contributed by atoms with Crippen molar-refractivity contribution in [2.75, 3.05) is 17.4 Å². The number of hydrogen-bond acceptors (Lipinski definition) is 4. The lowest BCUT2D eigenvalue weighted by atomic mass is 10.0. The van der Waals surface area contributed by atoms with Crippen LogP contribution in [0.15, 0.2) is 102 Å². The first-order valence-corrected chi connectivity index (χ1v) is 17.0. The van der Waals surface area contributed by atoms with E-state index in [-0.39, 0.29) is 29.5 Å². The fourth-order valence-corrected chi connectivity index (χ4v) is 6.80. The lowest BCUT2D eigenvalue weighted by Gasteiger charge is -2.34. The molecule has 0 aromatic heterocycles. The summed E-state index contributed by atoms with van der Waals surface area (Å²) in [6.45, 7) is 3.49. The third kappa shape index (κ3) is 8.79. The van der Waals surface area contributed by atoms with Gasteiger partial charge in [-0.25, -0.2) is 8.42 Å². The summed E-state index contributed by atoms with van der Waals surface area (Å²) in [4.78, 5) is 29.6. The smallest absolute Gasteiger partial charge is 0.264 e. The molecule has 0 radical (unpaired) electrons. The second kappa shape index (κ2) is 15.6. The van der Waals surface area contributed by atoms with Crippen molar-refractivity contribution in [3.05, 3.63) is 129 Å². The molecule has 0 aliphatic rings. The number of amides is 2. The molecular formula is C34H34Cl3N3O4S. The zero-order chi connectivity index (χ0) is 32.6. The van der Waals surface area contributed by atoms with Gasteiger partial charge in [0, 0.05) is 40.1 Å². The molecular weight excluding hydrogens is 653 g/mol. The molecule has 0 spiro atoms. The average molecular weight is 687 g/mol. The number of hydrogen-bond donors (Lipinski definition) is 1. The number of nitrogens with zero attached hydrogens (tertiary/aromatic N) is 2. The molecule has 0 fully saturated rings. The van der Waals surface area contributed by atoms with Crippen molar-refractivity contribution in [2.45, 2.75) is 44.2 Å². The standard InChI is InChI=1S/C34H34Cl3N3O4S/c1-3-20-38-34(42)32(21-25-8-5-4-6-9-25)39(22-29-30(36)10-7-11-31(29)37)33(41)23-40(27-16-12-24(2)13-17-27)45(43,44)28-18-14-26(35)15-19-28/h4-19,32H,3,20-23H2,1-2H3,(H,38,42)/t32-/m0/s1. The highest BCUT2D eigenvalue weighted by atomic mass is 35.5. The molecule has 4 aromatic rings. The monoisotopic (exact) mass is 685 g/mol. The fourth-order valence-electron chi connectivity index (χ4n) is 4.75. The van der Waals surface area contributed by atoms with E-state index in [1.807, 2.05) is 44.2 Å². The SMILES string of the molecule is CCCNC(=O)[C@H](Cc1ccccc1)N(Cc1c(Cl)cccc1Cl)C(=O)CN(c1ccc(C)cc1)S(=O)(=O)c1ccc(Cl)cc1. The van der Waals surface area contributed by atoms with Gasteiger partial charge in [0.1, 0.15) is 12.6 Å². The highest BCUT2D eigenvalue weighted by Gasteiger charge is 2.35. The average Bonchev–Trinajstić information content (AvgIpc) is 3.02. The topological polar surface area (TPSA) is 86.8 Å². The largest absolute Gasteiger partial charge is 0.354 e. The first kappa shape index (κ1) is 34.3. The molecule has 0 aliphatic carbocycles. The van der Waals surface area contributed by atoms with Gasteiger partial charge < -0.3 is 10.2 Å².